The summed E-state index contributed by atoms with van der Waals surface area (Å²) in [5.41, 5.74) is -0.472. The fraction of sp³-hybridized carbons (Fsp3) is 0.200. The number of amides is 1. The molecule has 1 amide bonds. The average Bonchev–Trinajstić information content (AvgIpc) is 3.05. The average molecular weight is 353 g/mol. The molecule has 0 radical (unpaired) electrons. The molecule has 0 saturated carbocycles. The molecule has 0 aliphatic carbocycles. The van der Waals surface area contributed by atoms with Gasteiger partial charge in [0.1, 0.15) is 10.8 Å². The number of benzene rings is 1. The van der Waals surface area contributed by atoms with Crippen LogP contribution in [-0.4, -0.2) is 35.4 Å². The Labute approximate surface area is 141 Å². The van der Waals surface area contributed by atoms with Gasteiger partial charge in [-0.1, -0.05) is 11.6 Å². The number of carbonyl (C=O) groups is 2. The molecule has 9 heteroatoms. The van der Waals surface area contributed by atoms with E-state index in [0.29, 0.717) is 5.76 Å². The van der Waals surface area contributed by atoms with Gasteiger partial charge in [-0.15, -0.1) is 0 Å². The Balaban J connectivity index is 1.94. The minimum absolute atomic E-state index is 0.0624. The molecular weight excluding hydrogens is 340 g/mol. The Morgan fingerprint density at radius 1 is 1.38 bits per heavy atom. The number of carbonyl (C=O) groups excluding carboxylic acids is 2. The SMILES string of the molecule is CN(Cc1ccco1)C(=O)COC(=O)c1ccc(Cl)c([N+](=O)[O-])c1. The van der Waals surface area contributed by atoms with Crippen molar-refractivity contribution in [3.05, 3.63) is 63.1 Å². The third-order valence-corrected chi connectivity index (χ3v) is 3.42. The molecule has 0 aliphatic heterocycles. The fourth-order valence-corrected chi connectivity index (χ4v) is 2.01. The summed E-state index contributed by atoms with van der Waals surface area (Å²) in [4.78, 5) is 35.2. The first-order valence-corrected chi connectivity index (χ1v) is 7.13. The van der Waals surface area contributed by atoms with Gasteiger partial charge in [0.25, 0.3) is 11.6 Å². The molecule has 24 heavy (non-hydrogen) atoms. The van der Waals surface area contributed by atoms with Gasteiger partial charge >= 0.3 is 5.97 Å². The molecule has 0 bridgehead atoms. The maximum absolute atomic E-state index is 11.9. The Morgan fingerprint density at radius 2 is 2.12 bits per heavy atom. The lowest BCUT2D eigenvalue weighted by Crippen LogP contribution is -2.30. The quantitative estimate of drug-likeness (QED) is 0.450. The van der Waals surface area contributed by atoms with Crippen molar-refractivity contribution in [1.82, 2.24) is 4.90 Å². The number of nitro benzene ring substituents is 1. The first-order chi connectivity index (χ1) is 11.4. The Kier molecular flexibility index (Phi) is 5.54. The van der Waals surface area contributed by atoms with Gasteiger partial charge in [-0.2, -0.15) is 0 Å². The van der Waals surface area contributed by atoms with Crippen molar-refractivity contribution in [1.29, 1.82) is 0 Å². The number of nitro groups is 1. The highest BCUT2D eigenvalue weighted by Crippen LogP contribution is 2.25. The number of hydrogen-bond donors (Lipinski definition) is 0. The van der Waals surface area contributed by atoms with Gasteiger partial charge in [0, 0.05) is 13.1 Å². The van der Waals surface area contributed by atoms with Crippen molar-refractivity contribution in [3.8, 4) is 0 Å². The first kappa shape index (κ1) is 17.5. The summed E-state index contributed by atoms with van der Waals surface area (Å²) >= 11 is 5.67. The van der Waals surface area contributed by atoms with Crippen molar-refractivity contribution < 1.29 is 23.7 Å². The summed E-state index contributed by atoms with van der Waals surface area (Å²) in [6.45, 7) is -0.262. The summed E-state index contributed by atoms with van der Waals surface area (Å²) in [5.74, 6) is -0.705. The molecule has 1 heterocycles. The highest BCUT2D eigenvalue weighted by molar-refractivity contribution is 6.32. The number of furan rings is 1. The molecule has 0 atom stereocenters. The van der Waals surface area contributed by atoms with Crippen LogP contribution in [0.3, 0.4) is 0 Å². The van der Waals surface area contributed by atoms with E-state index in [-0.39, 0.29) is 17.1 Å². The van der Waals surface area contributed by atoms with Crippen LogP contribution in [0, 0.1) is 10.1 Å². The topological polar surface area (TPSA) is 103 Å². The number of esters is 1. The highest BCUT2D eigenvalue weighted by atomic mass is 35.5. The molecule has 1 aromatic heterocycles. The Morgan fingerprint density at radius 3 is 2.75 bits per heavy atom. The van der Waals surface area contributed by atoms with Crippen molar-refractivity contribution in [2.24, 2.45) is 0 Å². The fourth-order valence-electron chi connectivity index (χ4n) is 1.82. The van der Waals surface area contributed by atoms with Gasteiger partial charge in [-0.3, -0.25) is 14.9 Å². The predicted octanol–water partition coefficient (Wildman–Crippen LogP) is 2.66. The summed E-state index contributed by atoms with van der Waals surface area (Å²) in [6, 6.07) is 6.92. The maximum Gasteiger partial charge on any atom is 0.338 e. The molecule has 126 valence electrons. The number of halogens is 1. The van der Waals surface area contributed by atoms with E-state index in [4.69, 9.17) is 20.8 Å². The highest BCUT2D eigenvalue weighted by Gasteiger charge is 2.19. The third-order valence-electron chi connectivity index (χ3n) is 3.10. The van der Waals surface area contributed by atoms with E-state index in [9.17, 15) is 19.7 Å². The number of nitrogens with zero attached hydrogens (tertiary/aromatic N) is 2. The summed E-state index contributed by atoms with van der Waals surface area (Å²) in [6.07, 6.45) is 1.49. The molecule has 2 rings (SSSR count). The van der Waals surface area contributed by atoms with Crippen LogP contribution >= 0.6 is 11.6 Å². The van der Waals surface area contributed by atoms with Gasteiger partial charge < -0.3 is 14.1 Å². The van der Waals surface area contributed by atoms with E-state index in [2.05, 4.69) is 0 Å². The Bertz CT molecular complexity index is 759. The summed E-state index contributed by atoms with van der Waals surface area (Å²) < 4.78 is 10.00. The van der Waals surface area contributed by atoms with Gasteiger partial charge in [0.05, 0.1) is 23.3 Å². The zero-order valence-electron chi connectivity index (χ0n) is 12.6. The van der Waals surface area contributed by atoms with Crippen LogP contribution in [0.5, 0.6) is 0 Å². The monoisotopic (exact) mass is 352 g/mol. The van der Waals surface area contributed by atoms with Crippen molar-refractivity contribution in [3.63, 3.8) is 0 Å². The van der Waals surface area contributed by atoms with Crippen LogP contribution < -0.4 is 0 Å². The third kappa shape index (κ3) is 4.32. The summed E-state index contributed by atoms with van der Waals surface area (Å²) in [5, 5.41) is 10.7. The van der Waals surface area contributed by atoms with Crippen LogP contribution in [0.1, 0.15) is 16.1 Å². The van der Waals surface area contributed by atoms with Crippen molar-refractivity contribution in [2.75, 3.05) is 13.7 Å². The van der Waals surface area contributed by atoms with Gasteiger partial charge in [-0.25, -0.2) is 4.79 Å². The van der Waals surface area contributed by atoms with Crippen LogP contribution in [0.25, 0.3) is 0 Å². The van der Waals surface area contributed by atoms with Crippen LogP contribution in [0.2, 0.25) is 5.02 Å². The van der Waals surface area contributed by atoms with Gasteiger partial charge in [0.2, 0.25) is 0 Å². The van der Waals surface area contributed by atoms with Crippen LogP contribution in [0.4, 0.5) is 5.69 Å². The second-order valence-corrected chi connectivity index (χ2v) is 5.24. The number of rotatable bonds is 6. The minimum Gasteiger partial charge on any atom is -0.467 e. The molecule has 0 unspecified atom stereocenters. The van der Waals surface area contributed by atoms with E-state index in [1.54, 1.807) is 12.1 Å². The van der Waals surface area contributed by atoms with Crippen molar-refractivity contribution in [2.45, 2.75) is 6.54 Å². The predicted molar refractivity (Wildman–Crippen MR) is 83.6 cm³/mol. The van der Waals surface area contributed by atoms with Gasteiger partial charge in [-0.05, 0) is 24.3 Å². The molecule has 0 fully saturated rings. The Hall–Kier alpha value is -2.87. The normalized spacial score (nSPS) is 10.2. The smallest absolute Gasteiger partial charge is 0.338 e. The number of ether oxygens (including phenoxy) is 1. The van der Waals surface area contributed by atoms with Gasteiger partial charge in [0.15, 0.2) is 6.61 Å². The molecule has 0 saturated heterocycles. The van der Waals surface area contributed by atoms with E-state index < -0.39 is 29.1 Å². The molecule has 1 aromatic carbocycles. The standard InChI is InChI=1S/C15H13ClN2O6/c1-17(8-11-3-2-6-23-11)14(19)9-24-15(20)10-4-5-12(16)13(7-10)18(21)22/h2-7H,8-9H2,1H3. The molecule has 8 nitrogen and oxygen atoms in total. The second kappa shape index (κ2) is 7.60. The largest absolute Gasteiger partial charge is 0.467 e. The number of hydrogen-bond acceptors (Lipinski definition) is 6. The van der Waals surface area contributed by atoms with E-state index in [0.717, 1.165) is 6.07 Å². The van der Waals surface area contributed by atoms with E-state index in [1.807, 2.05) is 0 Å². The first-order valence-electron chi connectivity index (χ1n) is 6.76. The number of likely N-dealkylation sites (N-methyl/N-ethyl adjacent to an activating group) is 1. The molecule has 2 aromatic rings. The molecule has 0 spiro atoms. The lowest BCUT2D eigenvalue weighted by molar-refractivity contribution is -0.384. The lowest BCUT2D eigenvalue weighted by atomic mass is 10.2. The zero-order valence-corrected chi connectivity index (χ0v) is 13.4. The summed E-state index contributed by atoms with van der Waals surface area (Å²) in [7, 11) is 1.53. The van der Waals surface area contributed by atoms with Crippen molar-refractivity contribution >= 4 is 29.2 Å². The maximum atomic E-state index is 11.9. The molecular formula is C15H13ClN2O6. The minimum atomic E-state index is -0.852. The van der Waals surface area contributed by atoms with Crippen LogP contribution in [-0.2, 0) is 16.1 Å². The molecule has 0 aliphatic rings. The van der Waals surface area contributed by atoms with E-state index in [1.165, 1.54) is 30.3 Å². The zero-order chi connectivity index (χ0) is 17.7. The van der Waals surface area contributed by atoms with E-state index >= 15 is 0 Å². The lowest BCUT2D eigenvalue weighted by Gasteiger charge is -2.15. The second-order valence-electron chi connectivity index (χ2n) is 4.83. The van der Waals surface area contributed by atoms with Crippen LogP contribution in [0.15, 0.2) is 41.0 Å². The molecule has 0 N–H and O–H groups in total.